The summed E-state index contributed by atoms with van der Waals surface area (Å²) in [4.78, 5) is 18.6. The van der Waals surface area contributed by atoms with Crippen LogP contribution in [0, 0.1) is 0 Å². The van der Waals surface area contributed by atoms with E-state index in [0.29, 0.717) is 42.6 Å². The standard InChI is InChI=1S/C18H21N3O5/c1-2-13(12-22)21(11-14-5-3-9-24-14)17(23)8-7-16-19-18(20-26-16)15-6-4-10-25-15/h3-6,9-10,13,22H,2,7-8,11-12H2,1H3. The van der Waals surface area contributed by atoms with Crippen LogP contribution in [-0.2, 0) is 17.8 Å². The SMILES string of the molecule is CCC(CO)N(Cc1ccco1)C(=O)CCc1nc(-c2ccco2)no1. The monoisotopic (exact) mass is 359 g/mol. The number of hydrogen-bond acceptors (Lipinski definition) is 7. The normalized spacial score (nSPS) is 12.2. The second-order valence-corrected chi connectivity index (χ2v) is 5.83. The van der Waals surface area contributed by atoms with E-state index in [-0.39, 0.29) is 25.0 Å². The summed E-state index contributed by atoms with van der Waals surface area (Å²) in [5.41, 5.74) is 0. The minimum absolute atomic E-state index is 0.105. The Bertz CT molecular complexity index is 791. The third kappa shape index (κ3) is 4.20. The summed E-state index contributed by atoms with van der Waals surface area (Å²) < 4.78 is 15.7. The highest BCUT2D eigenvalue weighted by atomic mass is 16.5. The number of rotatable bonds is 9. The highest BCUT2D eigenvalue weighted by Gasteiger charge is 2.23. The Morgan fingerprint density at radius 3 is 2.73 bits per heavy atom. The maximum atomic E-state index is 12.7. The molecule has 8 heteroatoms. The van der Waals surface area contributed by atoms with Crippen LogP contribution < -0.4 is 0 Å². The van der Waals surface area contributed by atoms with Crippen molar-refractivity contribution in [2.75, 3.05) is 6.61 Å². The molecule has 0 radical (unpaired) electrons. The molecule has 1 N–H and O–H groups in total. The van der Waals surface area contributed by atoms with Gasteiger partial charge >= 0.3 is 0 Å². The number of furan rings is 2. The highest BCUT2D eigenvalue weighted by Crippen LogP contribution is 2.18. The van der Waals surface area contributed by atoms with Crippen molar-refractivity contribution in [3.05, 3.63) is 48.4 Å². The van der Waals surface area contributed by atoms with Crippen LogP contribution in [0.15, 0.2) is 50.1 Å². The number of aliphatic hydroxyl groups excluding tert-OH is 1. The molecule has 0 saturated carbocycles. The molecular formula is C18H21N3O5. The van der Waals surface area contributed by atoms with Crippen molar-refractivity contribution in [1.82, 2.24) is 15.0 Å². The van der Waals surface area contributed by atoms with E-state index in [9.17, 15) is 9.90 Å². The van der Waals surface area contributed by atoms with E-state index in [0.717, 1.165) is 0 Å². The summed E-state index contributed by atoms with van der Waals surface area (Å²) in [6, 6.07) is 6.78. The summed E-state index contributed by atoms with van der Waals surface area (Å²) in [6.45, 7) is 2.13. The van der Waals surface area contributed by atoms with Gasteiger partial charge < -0.3 is 23.4 Å². The summed E-state index contributed by atoms with van der Waals surface area (Å²) >= 11 is 0. The molecule has 1 unspecified atom stereocenters. The fourth-order valence-electron chi connectivity index (χ4n) is 2.66. The van der Waals surface area contributed by atoms with Gasteiger partial charge in [0.05, 0.1) is 31.7 Å². The lowest BCUT2D eigenvalue weighted by molar-refractivity contribution is -0.135. The van der Waals surface area contributed by atoms with Gasteiger partial charge in [0.25, 0.3) is 0 Å². The van der Waals surface area contributed by atoms with E-state index in [1.807, 2.05) is 6.92 Å². The Morgan fingerprint density at radius 1 is 1.27 bits per heavy atom. The minimum atomic E-state index is -0.269. The van der Waals surface area contributed by atoms with Gasteiger partial charge in [-0.25, -0.2) is 0 Å². The zero-order chi connectivity index (χ0) is 18.4. The molecule has 0 aliphatic carbocycles. The van der Waals surface area contributed by atoms with Gasteiger partial charge in [0.2, 0.25) is 17.6 Å². The average Bonchev–Trinajstić information content (AvgIpc) is 3.41. The minimum Gasteiger partial charge on any atom is -0.467 e. The first-order valence-corrected chi connectivity index (χ1v) is 8.50. The van der Waals surface area contributed by atoms with E-state index >= 15 is 0 Å². The van der Waals surface area contributed by atoms with Crippen LogP contribution in [0.2, 0.25) is 0 Å². The molecule has 138 valence electrons. The fourth-order valence-corrected chi connectivity index (χ4v) is 2.66. The summed E-state index contributed by atoms with van der Waals surface area (Å²) in [6.07, 6.45) is 4.24. The molecule has 0 aliphatic rings. The topological polar surface area (TPSA) is 106 Å². The van der Waals surface area contributed by atoms with E-state index in [4.69, 9.17) is 13.4 Å². The maximum absolute atomic E-state index is 12.7. The smallest absolute Gasteiger partial charge is 0.238 e. The Balaban J connectivity index is 1.63. The number of hydrogen-bond donors (Lipinski definition) is 1. The van der Waals surface area contributed by atoms with Crippen molar-refractivity contribution in [1.29, 1.82) is 0 Å². The summed E-state index contributed by atoms with van der Waals surface area (Å²) in [5.74, 6) is 1.78. The van der Waals surface area contributed by atoms with Crippen LogP contribution >= 0.6 is 0 Å². The quantitative estimate of drug-likeness (QED) is 0.626. The van der Waals surface area contributed by atoms with Crippen molar-refractivity contribution in [3.63, 3.8) is 0 Å². The Hall–Kier alpha value is -2.87. The summed E-state index contributed by atoms with van der Waals surface area (Å²) in [5, 5.41) is 13.4. The molecule has 0 saturated heterocycles. The predicted octanol–water partition coefficient (Wildman–Crippen LogP) is 2.65. The van der Waals surface area contributed by atoms with Gasteiger partial charge in [-0.2, -0.15) is 4.98 Å². The first kappa shape index (κ1) is 17.9. The Labute approximate surface area is 150 Å². The van der Waals surface area contributed by atoms with Crippen LogP contribution in [-0.4, -0.2) is 38.7 Å². The number of amides is 1. The summed E-state index contributed by atoms with van der Waals surface area (Å²) in [7, 11) is 0. The van der Waals surface area contributed by atoms with Crippen LogP contribution in [0.4, 0.5) is 0 Å². The van der Waals surface area contributed by atoms with Crippen molar-refractivity contribution in [2.24, 2.45) is 0 Å². The lowest BCUT2D eigenvalue weighted by atomic mass is 10.1. The first-order chi connectivity index (χ1) is 12.7. The molecule has 3 heterocycles. The molecule has 0 spiro atoms. The molecule has 0 bridgehead atoms. The number of aliphatic hydroxyl groups is 1. The largest absolute Gasteiger partial charge is 0.467 e. The van der Waals surface area contributed by atoms with Crippen molar-refractivity contribution in [3.8, 4) is 11.6 Å². The van der Waals surface area contributed by atoms with Gasteiger partial charge in [-0.05, 0) is 30.7 Å². The van der Waals surface area contributed by atoms with Crippen LogP contribution in [0.1, 0.15) is 31.4 Å². The highest BCUT2D eigenvalue weighted by molar-refractivity contribution is 5.76. The molecule has 0 aliphatic heterocycles. The lowest BCUT2D eigenvalue weighted by Gasteiger charge is -2.29. The first-order valence-electron chi connectivity index (χ1n) is 8.50. The number of nitrogens with zero attached hydrogens (tertiary/aromatic N) is 3. The molecule has 0 fully saturated rings. The third-order valence-electron chi connectivity index (χ3n) is 4.11. The molecule has 3 rings (SSSR count). The second-order valence-electron chi connectivity index (χ2n) is 5.83. The van der Waals surface area contributed by atoms with Gasteiger partial charge in [-0.1, -0.05) is 12.1 Å². The molecule has 1 amide bonds. The molecule has 8 nitrogen and oxygen atoms in total. The third-order valence-corrected chi connectivity index (χ3v) is 4.11. The van der Waals surface area contributed by atoms with Gasteiger partial charge in [0.1, 0.15) is 5.76 Å². The molecule has 26 heavy (non-hydrogen) atoms. The van der Waals surface area contributed by atoms with Crippen LogP contribution in [0.3, 0.4) is 0 Å². The van der Waals surface area contributed by atoms with E-state index in [2.05, 4.69) is 10.1 Å². The fraction of sp³-hybridized carbons (Fsp3) is 0.389. The number of carbonyl (C=O) groups is 1. The number of aromatic nitrogens is 2. The van der Waals surface area contributed by atoms with E-state index in [1.165, 1.54) is 6.26 Å². The van der Waals surface area contributed by atoms with E-state index < -0.39 is 0 Å². The molecule has 3 aromatic rings. The Kier molecular flexibility index (Phi) is 5.85. The maximum Gasteiger partial charge on any atom is 0.238 e. The predicted molar refractivity (Wildman–Crippen MR) is 90.7 cm³/mol. The van der Waals surface area contributed by atoms with Crippen LogP contribution in [0.25, 0.3) is 11.6 Å². The van der Waals surface area contributed by atoms with E-state index in [1.54, 1.807) is 35.4 Å². The molecule has 3 aromatic heterocycles. The van der Waals surface area contributed by atoms with Crippen molar-refractivity contribution < 1.29 is 23.3 Å². The Morgan fingerprint density at radius 2 is 2.08 bits per heavy atom. The lowest BCUT2D eigenvalue weighted by Crippen LogP contribution is -2.41. The second kappa shape index (κ2) is 8.48. The van der Waals surface area contributed by atoms with Gasteiger partial charge in [-0.3, -0.25) is 4.79 Å². The zero-order valence-corrected chi connectivity index (χ0v) is 14.5. The van der Waals surface area contributed by atoms with Gasteiger partial charge in [0.15, 0.2) is 5.76 Å². The molecule has 1 atom stereocenters. The average molecular weight is 359 g/mol. The number of aryl methyl sites for hydroxylation is 1. The van der Waals surface area contributed by atoms with Crippen molar-refractivity contribution >= 4 is 5.91 Å². The van der Waals surface area contributed by atoms with Crippen molar-refractivity contribution in [2.45, 2.75) is 38.8 Å². The number of carbonyl (C=O) groups excluding carboxylic acids is 1. The molecular weight excluding hydrogens is 338 g/mol. The molecule has 0 aromatic carbocycles. The van der Waals surface area contributed by atoms with Crippen LogP contribution in [0.5, 0.6) is 0 Å². The van der Waals surface area contributed by atoms with Gasteiger partial charge in [-0.15, -0.1) is 0 Å². The zero-order valence-electron chi connectivity index (χ0n) is 14.5. The van der Waals surface area contributed by atoms with Gasteiger partial charge in [0, 0.05) is 12.8 Å².